The first-order valence-corrected chi connectivity index (χ1v) is 8.60. The summed E-state index contributed by atoms with van der Waals surface area (Å²) in [6.45, 7) is 2.91. The van der Waals surface area contributed by atoms with E-state index in [2.05, 4.69) is 9.88 Å². The van der Waals surface area contributed by atoms with E-state index >= 15 is 0 Å². The predicted molar refractivity (Wildman–Crippen MR) is 89.9 cm³/mol. The molecule has 0 atom stereocenters. The Morgan fingerprint density at radius 3 is 2.61 bits per heavy atom. The van der Waals surface area contributed by atoms with Crippen LogP contribution >= 0.6 is 11.3 Å². The summed E-state index contributed by atoms with van der Waals surface area (Å²) in [5.74, 6) is 1.05. The number of anilines is 1. The molecule has 0 aliphatic carbocycles. The molecule has 0 aromatic carbocycles. The number of aryl methyl sites for hydroxylation is 1. The molecule has 1 aliphatic rings. The van der Waals surface area contributed by atoms with Crippen molar-refractivity contribution < 1.29 is 9.59 Å². The van der Waals surface area contributed by atoms with E-state index in [1.54, 1.807) is 6.20 Å². The summed E-state index contributed by atoms with van der Waals surface area (Å²) in [4.78, 5) is 33.3. The first kappa shape index (κ1) is 15.7. The van der Waals surface area contributed by atoms with Gasteiger partial charge in [-0.05, 0) is 11.4 Å². The van der Waals surface area contributed by atoms with E-state index in [-0.39, 0.29) is 11.7 Å². The minimum absolute atomic E-state index is 0.0556. The molecule has 0 bridgehead atoms. The van der Waals surface area contributed by atoms with Crippen molar-refractivity contribution >= 4 is 29.0 Å². The van der Waals surface area contributed by atoms with Crippen LogP contribution in [0.3, 0.4) is 0 Å². The standard InChI is InChI=1S/C16H20N4O2S/c1-18-7-6-17-16(18)20-10-8-19(9-11-20)15(22)5-4-13(21)14-3-2-12-23-14/h2-3,6-7,12H,4-5,8-11H2,1H3. The number of carbonyl (C=O) groups is 2. The molecule has 0 spiro atoms. The maximum atomic E-state index is 12.3. The lowest BCUT2D eigenvalue weighted by atomic mass is 10.1. The average Bonchev–Trinajstić information content (AvgIpc) is 3.24. The highest BCUT2D eigenvalue weighted by Gasteiger charge is 2.23. The van der Waals surface area contributed by atoms with Gasteiger partial charge in [0, 0.05) is 58.5 Å². The number of imidazole rings is 1. The van der Waals surface area contributed by atoms with Gasteiger partial charge in [-0.2, -0.15) is 0 Å². The van der Waals surface area contributed by atoms with E-state index < -0.39 is 0 Å². The van der Waals surface area contributed by atoms with Crippen molar-refractivity contribution in [2.24, 2.45) is 7.05 Å². The van der Waals surface area contributed by atoms with Crippen molar-refractivity contribution in [3.63, 3.8) is 0 Å². The van der Waals surface area contributed by atoms with E-state index in [0.29, 0.717) is 25.9 Å². The fraction of sp³-hybridized carbons (Fsp3) is 0.438. The van der Waals surface area contributed by atoms with Crippen LogP contribution in [0.15, 0.2) is 29.9 Å². The van der Waals surface area contributed by atoms with Crippen LogP contribution in [-0.2, 0) is 11.8 Å². The molecule has 122 valence electrons. The van der Waals surface area contributed by atoms with Gasteiger partial charge in [0.2, 0.25) is 11.9 Å². The fourth-order valence-electron chi connectivity index (χ4n) is 2.76. The molecule has 23 heavy (non-hydrogen) atoms. The van der Waals surface area contributed by atoms with Crippen LogP contribution in [0.4, 0.5) is 5.95 Å². The smallest absolute Gasteiger partial charge is 0.223 e. The first-order chi connectivity index (χ1) is 11.1. The average molecular weight is 332 g/mol. The van der Waals surface area contributed by atoms with Crippen molar-refractivity contribution in [3.8, 4) is 0 Å². The van der Waals surface area contributed by atoms with Crippen LogP contribution in [0.5, 0.6) is 0 Å². The molecule has 2 aromatic heterocycles. The number of aromatic nitrogens is 2. The van der Waals surface area contributed by atoms with E-state index in [1.807, 2.05) is 40.2 Å². The summed E-state index contributed by atoms with van der Waals surface area (Å²) >= 11 is 1.43. The topological polar surface area (TPSA) is 58.4 Å². The summed E-state index contributed by atoms with van der Waals surface area (Å²) in [5, 5.41) is 1.88. The molecule has 1 fully saturated rings. The number of Topliss-reactive ketones (excluding diaryl/α,β-unsaturated/α-hetero) is 1. The summed E-state index contributed by atoms with van der Waals surface area (Å²) in [6.07, 6.45) is 4.28. The van der Waals surface area contributed by atoms with Gasteiger partial charge in [-0.1, -0.05) is 6.07 Å². The van der Waals surface area contributed by atoms with E-state index in [9.17, 15) is 9.59 Å². The van der Waals surface area contributed by atoms with Crippen LogP contribution in [0.25, 0.3) is 0 Å². The molecule has 0 radical (unpaired) electrons. The highest BCUT2D eigenvalue weighted by atomic mass is 32.1. The number of amides is 1. The zero-order valence-electron chi connectivity index (χ0n) is 13.1. The van der Waals surface area contributed by atoms with Gasteiger partial charge in [-0.25, -0.2) is 4.98 Å². The number of hydrogen-bond acceptors (Lipinski definition) is 5. The third-order valence-corrected chi connectivity index (χ3v) is 4.98. The van der Waals surface area contributed by atoms with Crippen LogP contribution in [-0.4, -0.2) is 52.3 Å². The third-order valence-electron chi connectivity index (χ3n) is 4.07. The first-order valence-electron chi connectivity index (χ1n) is 7.72. The number of hydrogen-bond donors (Lipinski definition) is 0. The molecular weight excluding hydrogens is 312 g/mol. The second-order valence-corrected chi connectivity index (χ2v) is 6.55. The second kappa shape index (κ2) is 6.95. The monoisotopic (exact) mass is 332 g/mol. The maximum Gasteiger partial charge on any atom is 0.223 e. The summed E-state index contributed by atoms with van der Waals surface area (Å²) < 4.78 is 1.98. The fourth-order valence-corrected chi connectivity index (χ4v) is 3.45. The highest BCUT2D eigenvalue weighted by molar-refractivity contribution is 7.12. The normalized spacial score (nSPS) is 15.0. The zero-order valence-corrected chi connectivity index (χ0v) is 14.0. The van der Waals surface area contributed by atoms with Crippen LogP contribution in [0.2, 0.25) is 0 Å². The van der Waals surface area contributed by atoms with Crippen LogP contribution in [0.1, 0.15) is 22.5 Å². The Hall–Kier alpha value is -2.15. The summed E-state index contributed by atoms with van der Waals surface area (Å²) in [6, 6.07) is 3.67. The lowest BCUT2D eigenvalue weighted by molar-refractivity contribution is -0.131. The molecule has 1 aliphatic heterocycles. The Balaban J connectivity index is 1.47. The van der Waals surface area contributed by atoms with Gasteiger partial charge < -0.3 is 14.4 Å². The van der Waals surface area contributed by atoms with Crippen molar-refractivity contribution in [2.45, 2.75) is 12.8 Å². The van der Waals surface area contributed by atoms with Gasteiger partial charge in [-0.15, -0.1) is 11.3 Å². The Morgan fingerprint density at radius 1 is 1.22 bits per heavy atom. The minimum Gasteiger partial charge on any atom is -0.339 e. The molecule has 3 rings (SSSR count). The molecule has 0 unspecified atom stereocenters. The van der Waals surface area contributed by atoms with E-state index in [4.69, 9.17) is 0 Å². The van der Waals surface area contributed by atoms with Crippen LogP contribution < -0.4 is 4.90 Å². The molecule has 6 nitrogen and oxygen atoms in total. The van der Waals surface area contributed by atoms with Crippen molar-refractivity contribution in [2.75, 3.05) is 31.1 Å². The molecule has 0 saturated carbocycles. The lowest BCUT2D eigenvalue weighted by Crippen LogP contribution is -2.49. The van der Waals surface area contributed by atoms with Gasteiger partial charge in [-0.3, -0.25) is 9.59 Å². The number of nitrogens with zero attached hydrogens (tertiary/aromatic N) is 4. The highest BCUT2D eigenvalue weighted by Crippen LogP contribution is 2.15. The molecule has 1 saturated heterocycles. The zero-order chi connectivity index (χ0) is 16.2. The quantitative estimate of drug-likeness (QED) is 0.784. The van der Waals surface area contributed by atoms with Gasteiger partial charge in [0.05, 0.1) is 4.88 Å². The third kappa shape index (κ3) is 3.61. The Kier molecular flexibility index (Phi) is 4.76. The SMILES string of the molecule is Cn1ccnc1N1CCN(C(=O)CCC(=O)c2cccs2)CC1. The largest absolute Gasteiger partial charge is 0.339 e. The predicted octanol–water partition coefficient (Wildman–Crippen LogP) is 1.79. The van der Waals surface area contributed by atoms with Gasteiger partial charge in [0.1, 0.15) is 0 Å². The molecule has 3 heterocycles. The Labute approximate surface area is 139 Å². The molecule has 1 amide bonds. The number of carbonyl (C=O) groups excluding carboxylic acids is 2. The molecule has 2 aromatic rings. The Morgan fingerprint density at radius 2 is 2.00 bits per heavy atom. The second-order valence-electron chi connectivity index (χ2n) is 5.61. The number of rotatable bonds is 5. The van der Waals surface area contributed by atoms with Crippen LogP contribution in [0, 0.1) is 0 Å². The number of ketones is 1. The maximum absolute atomic E-state index is 12.3. The van der Waals surface area contributed by atoms with Gasteiger partial charge >= 0.3 is 0 Å². The molecular formula is C16H20N4O2S. The van der Waals surface area contributed by atoms with E-state index in [1.165, 1.54) is 11.3 Å². The van der Waals surface area contributed by atoms with Crippen molar-refractivity contribution in [3.05, 3.63) is 34.8 Å². The summed E-state index contributed by atoms with van der Waals surface area (Å²) in [5.41, 5.74) is 0. The molecule has 0 N–H and O–H groups in total. The summed E-state index contributed by atoms with van der Waals surface area (Å²) in [7, 11) is 1.97. The minimum atomic E-state index is 0.0556. The Bertz CT molecular complexity index is 672. The van der Waals surface area contributed by atoms with Crippen molar-refractivity contribution in [1.29, 1.82) is 0 Å². The lowest BCUT2D eigenvalue weighted by Gasteiger charge is -2.35. The van der Waals surface area contributed by atoms with Gasteiger partial charge in [0.25, 0.3) is 0 Å². The molecule has 7 heteroatoms. The van der Waals surface area contributed by atoms with E-state index in [0.717, 1.165) is 23.9 Å². The van der Waals surface area contributed by atoms with Crippen molar-refractivity contribution in [1.82, 2.24) is 14.5 Å². The number of thiophene rings is 1. The van der Waals surface area contributed by atoms with Gasteiger partial charge in [0.15, 0.2) is 5.78 Å². The number of piperazine rings is 1.